The van der Waals surface area contributed by atoms with Gasteiger partial charge in [-0.25, -0.2) is 9.98 Å². The third-order valence-electron chi connectivity index (χ3n) is 3.25. The first-order chi connectivity index (χ1) is 11.1. The lowest BCUT2D eigenvalue weighted by atomic mass is 10.2. The van der Waals surface area contributed by atoms with Crippen LogP contribution in [0.15, 0.2) is 34.6 Å². The number of rotatable bonds is 6. The first-order valence-electron chi connectivity index (χ1n) is 7.79. The number of benzene rings is 1. The van der Waals surface area contributed by atoms with Crippen molar-refractivity contribution in [2.75, 3.05) is 6.54 Å². The van der Waals surface area contributed by atoms with Gasteiger partial charge in [-0.15, -0.1) is 11.3 Å². The largest absolute Gasteiger partial charge is 0.357 e. The molecule has 0 saturated heterocycles. The molecule has 6 heteroatoms. The van der Waals surface area contributed by atoms with Crippen molar-refractivity contribution in [1.82, 2.24) is 15.6 Å². The van der Waals surface area contributed by atoms with Crippen molar-refractivity contribution in [2.24, 2.45) is 4.99 Å². The summed E-state index contributed by atoms with van der Waals surface area (Å²) in [5.41, 5.74) is 2.28. The van der Waals surface area contributed by atoms with Crippen molar-refractivity contribution in [1.29, 1.82) is 0 Å². The first kappa shape index (κ1) is 17.8. The lowest BCUT2D eigenvalue weighted by molar-refractivity contribution is 0.788. The van der Waals surface area contributed by atoms with E-state index in [1.165, 1.54) is 0 Å². The predicted molar refractivity (Wildman–Crippen MR) is 99.3 cm³/mol. The van der Waals surface area contributed by atoms with Gasteiger partial charge in [-0.3, -0.25) is 0 Å². The molecule has 2 aromatic rings. The summed E-state index contributed by atoms with van der Waals surface area (Å²) in [6.45, 7) is 8.49. The van der Waals surface area contributed by atoms with Crippen molar-refractivity contribution >= 4 is 28.9 Å². The molecule has 0 radical (unpaired) electrons. The van der Waals surface area contributed by atoms with Crippen LogP contribution < -0.4 is 10.6 Å². The van der Waals surface area contributed by atoms with Gasteiger partial charge in [-0.1, -0.05) is 37.6 Å². The van der Waals surface area contributed by atoms with Crippen molar-refractivity contribution in [3.05, 3.63) is 50.9 Å². The lowest BCUT2D eigenvalue weighted by Crippen LogP contribution is -2.36. The Hall–Kier alpha value is -1.59. The minimum absolute atomic E-state index is 0.465. The van der Waals surface area contributed by atoms with Crippen molar-refractivity contribution in [3.63, 3.8) is 0 Å². The highest BCUT2D eigenvalue weighted by atomic mass is 35.5. The topological polar surface area (TPSA) is 49.3 Å². The molecular weight excluding hydrogens is 328 g/mol. The van der Waals surface area contributed by atoms with E-state index in [0.29, 0.717) is 19.0 Å². The van der Waals surface area contributed by atoms with Crippen molar-refractivity contribution in [3.8, 4) is 0 Å². The molecule has 0 unspecified atom stereocenters. The summed E-state index contributed by atoms with van der Waals surface area (Å²) in [5, 5.41) is 10.5. The Labute approximate surface area is 147 Å². The van der Waals surface area contributed by atoms with E-state index in [1.54, 1.807) is 11.3 Å². The molecule has 124 valence electrons. The molecule has 0 aliphatic heterocycles. The van der Waals surface area contributed by atoms with Gasteiger partial charge in [0.25, 0.3) is 0 Å². The zero-order chi connectivity index (χ0) is 16.7. The monoisotopic (exact) mass is 350 g/mol. The highest BCUT2D eigenvalue weighted by Crippen LogP contribution is 2.17. The van der Waals surface area contributed by atoms with Crippen LogP contribution in [0.5, 0.6) is 0 Å². The average Bonchev–Trinajstić information content (AvgIpc) is 3.01. The molecule has 2 N–H and O–H groups in total. The molecule has 0 saturated carbocycles. The Morgan fingerprint density at radius 1 is 1.26 bits per heavy atom. The van der Waals surface area contributed by atoms with Crippen LogP contribution >= 0.6 is 22.9 Å². The van der Waals surface area contributed by atoms with Gasteiger partial charge in [0, 0.05) is 16.9 Å². The van der Waals surface area contributed by atoms with Crippen LogP contribution in [0.1, 0.15) is 43.0 Å². The first-order valence-corrected chi connectivity index (χ1v) is 9.05. The second-order valence-corrected chi connectivity index (χ2v) is 6.88. The standard InChI is InChI=1S/C17H23ClN4S/c1-4-19-17(20-9-13-5-7-14(18)8-6-13)21-10-16-22-15(11-23-16)12(2)3/h5-8,11-12H,4,9-10H2,1-3H3,(H2,19,20,21). The van der Waals surface area contributed by atoms with E-state index in [1.807, 2.05) is 24.3 Å². The second kappa shape index (κ2) is 8.89. The molecule has 1 heterocycles. The maximum atomic E-state index is 5.90. The molecule has 1 aromatic carbocycles. The van der Waals surface area contributed by atoms with Crippen LogP contribution in [0.3, 0.4) is 0 Å². The fraction of sp³-hybridized carbons (Fsp3) is 0.412. The summed E-state index contributed by atoms with van der Waals surface area (Å²) < 4.78 is 0. The van der Waals surface area contributed by atoms with Crippen molar-refractivity contribution in [2.45, 2.75) is 39.8 Å². The van der Waals surface area contributed by atoms with Gasteiger partial charge in [0.05, 0.1) is 18.8 Å². The number of thiazole rings is 1. The Bertz CT molecular complexity index is 634. The molecule has 0 fully saturated rings. The van der Waals surface area contributed by atoms with Crippen LogP contribution in [0.4, 0.5) is 0 Å². The van der Waals surface area contributed by atoms with E-state index >= 15 is 0 Å². The van der Waals surface area contributed by atoms with Gasteiger partial charge in [0.2, 0.25) is 0 Å². The summed E-state index contributed by atoms with van der Waals surface area (Å²) in [4.78, 5) is 9.23. The van der Waals surface area contributed by atoms with Crippen LogP contribution in [0.25, 0.3) is 0 Å². The minimum atomic E-state index is 0.465. The molecule has 0 atom stereocenters. The second-order valence-electron chi connectivity index (χ2n) is 5.50. The number of halogens is 1. The maximum Gasteiger partial charge on any atom is 0.191 e. The van der Waals surface area contributed by atoms with E-state index < -0.39 is 0 Å². The molecule has 2 rings (SSSR count). The number of aliphatic imine (C=N–C) groups is 1. The van der Waals surface area contributed by atoms with Crippen LogP contribution in [0.2, 0.25) is 5.02 Å². The molecule has 23 heavy (non-hydrogen) atoms. The summed E-state index contributed by atoms with van der Waals surface area (Å²) in [7, 11) is 0. The smallest absolute Gasteiger partial charge is 0.191 e. The minimum Gasteiger partial charge on any atom is -0.357 e. The molecular formula is C17H23ClN4S. The Kier molecular flexibility index (Phi) is 6.86. The third kappa shape index (κ3) is 5.84. The summed E-state index contributed by atoms with van der Waals surface area (Å²) in [6.07, 6.45) is 0. The Morgan fingerprint density at radius 3 is 2.61 bits per heavy atom. The molecule has 0 aliphatic rings. The highest BCUT2D eigenvalue weighted by Gasteiger charge is 2.06. The molecule has 0 aliphatic carbocycles. The summed E-state index contributed by atoms with van der Waals surface area (Å²) in [6, 6.07) is 7.75. The number of nitrogens with zero attached hydrogens (tertiary/aromatic N) is 2. The fourth-order valence-corrected chi connectivity index (χ4v) is 2.95. The molecule has 0 bridgehead atoms. The van der Waals surface area contributed by atoms with Crippen molar-refractivity contribution < 1.29 is 0 Å². The van der Waals surface area contributed by atoms with E-state index in [0.717, 1.165) is 33.8 Å². The normalized spacial score (nSPS) is 11.8. The number of hydrogen-bond donors (Lipinski definition) is 2. The quantitative estimate of drug-likeness (QED) is 0.607. The number of aromatic nitrogens is 1. The SMILES string of the molecule is CCNC(=NCc1ccc(Cl)cc1)NCc1nc(C(C)C)cs1. The van der Waals surface area contributed by atoms with Gasteiger partial charge in [0.15, 0.2) is 5.96 Å². The lowest BCUT2D eigenvalue weighted by Gasteiger charge is -2.10. The van der Waals surface area contributed by atoms with Crippen LogP contribution in [0, 0.1) is 0 Å². The third-order valence-corrected chi connectivity index (χ3v) is 4.36. The molecule has 0 spiro atoms. The van der Waals surface area contributed by atoms with Crippen LogP contribution in [-0.2, 0) is 13.1 Å². The van der Waals surface area contributed by atoms with E-state index in [-0.39, 0.29) is 0 Å². The average molecular weight is 351 g/mol. The summed E-state index contributed by atoms with van der Waals surface area (Å²) >= 11 is 7.58. The Morgan fingerprint density at radius 2 is 2.00 bits per heavy atom. The molecule has 0 amide bonds. The molecule has 4 nitrogen and oxygen atoms in total. The van der Waals surface area contributed by atoms with E-state index in [4.69, 9.17) is 11.6 Å². The van der Waals surface area contributed by atoms with Gasteiger partial charge >= 0.3 is 0 Å². The number of hydrogen-bond acceptors (Lipinski definition) is 3. The zero-order valence-corrected chi connectivity index (χ0v) is 15.3. The number of guanidine groups is 1. The van der Waals surface area contributed by atoms with Gasteiger partial charge < -0.3 is 10.6 Å². The Balaban J connectivity index is 1.94. The van der Waals surface area contributed by atoms with Gasteiger partial charge in [0.1, 0.15) is 5.01 Å². The number of nitrogens with one attached hydrogen (secondary N) is 2. The highest BCUT2D eigenvalue weighted by molar-refractivity contribution is 7.09. The van der Waals surface area contributed by atoms with E-state index in [9.17, 15) is 0 Å². The maximum absolute atomic E-state index is 5.90. The summed E-state index contributed by atoms with van der Waals surface area (Å²) in [5.74, 6) is 1.26. The van der Waals surface area contributed by atoms with Gasteiger partial charge in [-0.05, 0) is 30.5 Å². The van der Waals surface area contributed by atoms with Gasteiger partial charge in [-0.2, -0.15) is 0 Å². The predicted octanol–water partition coefficient (Wildman–Crippen LogP) is 4.18. The fourth-order valence-electron chi connectivity index (χ4n) is 1.93. The zero-order valence-electron chi connectivity index (χ0n) is 13.8. The van der Waals surface area contributed by atoms with E-state index in [2.05, 4.69) is 46.8 Å². The molecule has 1 aromatic heterocycles. The van der Waals surface area contributed by atoms with Crippen LogP contribution in [-0.4, -0.2) is 17.5 Å².